The summed E-state index contributed by atoms with van der Waals surface area (Å²) in [6.45, 7) is 3.46. The molecule has 0 spiro atoms. The van der Waals surface area contributed by atoms with Crippen LogP contribution in [-0.2, 0) is 14.3 Å². The molecule has 1 fully saturated rings. The second-order valence-corrected chi connectivity index (χ2v) is 4.30. The molecule has 1 heterocycles. The van der Waals surface area contributed by atoms with Gasteiger partial charge in [0.15, 0.2) is 0 Å². The van der Waals surface area contributed by atoms with Gasteiger partial charge in [-0.1, -0.05) is 0 Å². The highest BCUT2D eigenvalue weighted by atomic mass is 16.5. The lowest BCUT2D eigenvalue weighted by Crippen LogP contribution is -2.50. The van der Waals surface area contributed by atoms with Crippen molar-refractivity contribution in [3.05, 3.63) is 0 Å². The Hall–Kier alpha value is -1.67. The van der Waals surface area contributed by atoms with Gasteiger partial charge in [0.05, 0.1) is 20.1 Å². The molecule has 0 bridgehead atoms. The maximum atomic E-state index is 11.4. The van der Waals surface area contributed by atoms with E-state index in [2.05, 4.69) is 10.1 Å². The van der Waals surface area contributed by atoms with E-state index < -0.39 is 18.0 Å². The first-order chi connectivity index (χ1) is 9.01. The van der Waals surface area contributed by atoms with Gasteiger partial charge in [0, 0.05) is 32.7 Å². The number of imide groups is 1. The number of methoxy groups -OCH3 is 1. The average Bonchev–Trinajstić information content (AvgIpc) is 2.37. The van der Waals surface area contributed by atoms with Crippen molar-refractivity contribution in [2.45, 2.75) is 6.42 Å². The molecule has 0 saturated carbocycles. The number of hydrogen-bond acceptors (Lipinski definition) is 6. The van der Waals surface area contributed by atoms with Gasteiger partial charge in [-0.15, -0.1) is 0 Å². The first-order valence-corrected chi connectivity index (χ1v) is 6.05. The molecule has 0 aromatic carbocycles. The van der Waals surface area contributed by atoms with Gasteiger partial charge in [0.25, 0.3) is 0 Å². The fourth-order valence-electron chi connectivity index (χ4n) is 1.83. The molecule has 1 rings (SSSR count). The number of piperazine rings is 1. The number of hydrogen-bond donors (Lipinski definition) is 2. The SMILES string of the molecule is COC(=O)NC(=O)CN1CCN(CCC(=O)O)CC1. The molecule has 8 nitrogen and oxygen atoms in total. The zero-order valence-corrected chi connectivity index (χ0v) is 10.9. The topological polar surface area (TPSA) is 99.2 Å². The minimum atomic E-state index is -0.806. The third-order valence-electron chi connectivity index (χ3n) is 2.90. The number of carbonyl (C=O) groups is 3. The largest absolute Gasteiger partial charge is 0.481 e. The van der Waals surface area contributed by atoms with E-state index in [4.69, 9.17) is 5.11 Å². The molecule has 0 unspecified atom stereocenters. The van der Waals surface area contributed by atoms with E-state index >= 15 is 0 Å². The predicted octanol–water partition coefficient (Wildman–Crippen LogP) is -1.04. The minimum Gasteiger partial charge on any atom is -0.481 e. The molecular weight excluding hydrogens is 254 g/mol. The van der Waals surface area contributed by atoms with Gasteiger partial charge < -0.3 is 14.7 Å². The summed E-state index contributed by atoms with van der Waals surface area (Å²) in [6, 6.07) is 0. The van der Waals surface area contributed by atoms with E-state index in [9.17, 15) is 14.4 Å². The maximum absolute atomic E-state index is 11.4. The standard InChI is InChI=1S/C11H19N3O5/c1-19-11(18)12-9(15)8-14-6-4-13(5-7-14)3-2-10(16)17/h2-8H2,1H3,(H,16,17)(H,12,15,18). The lowest BCUT2D eigenvalue weighted by Gasteiger charge is -2.33. The van der Waals surface area contributed by atoms with Crippen molar-refractivity contribution in [1.29, 1.82) is 0 Å². The second kappa shape index (κ2) is 7.70. The number of nitrogens with one attached hydrogen (secondary N) is 1. The van der Waals surface area contributed by atoms with Crippen molar-refractivity contribution in [2.75, 3.05) is 46.4 Å². The molecule has 2 N–H and O–H groups in total. The lowest BCUT2D eigenvalue weighted by molar-refractivity contribution is -0.137. The first-order valence-electron chi connectivity index (χ1n) is 6.05. The van der Waals surface area contributed by atoms with Crippen molar-refractivity contribution in [2.24, 2.45) is 0 Å². The molecule has 0 aromatic heterocycles. The van der Waals surface area contributed by atoms with E-state index in [0.717, 1.165) is 13.1 Å². The number of carbonyl (C=O) groups excluding carboxylic acids is 2. The normalized spacial score (nSPS) is 16.9. The van der Waals surface area contributed by atoms with E-state index in [1.54, 1.807) is 0 Å². The van der Waals surface area contributed by atoms with Gasteiger partial charge in [-0.2, -0.15) is 0 Å². The lowest BCUT2D eigenvalue weighted by atomic mass is 10.3. The molecule has 0 aliphatic carbocycles. The summed E-state index contributed by atoms with van der Waals surface area (Å²) in [5, 5.41) is 10.7. The highest BCUT2D eigenvalue weighted by Gasteiger charge is 2.20. The van der Waals surface area contributed by atoms with Gasteiger partial charge in [-0.05, 0) is 0 Å². The first kappa shape index (κ1) is 15.4. The van der Waals surface area contributed by atoms with Crippen molar-refractivity contribution < 1.29 is 24.2 Å². The zero-order valence-electron chi connectivity index (χ0n) is 10.9. The zero-order chi connectivity index (χ0) is 14.3. The number of aliphatic carboxylic acids is 1. The van der Waals surface area contributed by atoms with Crippen molar-refractivity contribution in [3.8, 4) is 0 Å². The van der Waals surface area contributed by atoms with Crippen LogP contribution in [0, 0.1) is 0 Å². The Bertz CT molecular complexity index is 339. The van der Waals surface area contributed by atoms with Gasteiger partial charge in [-0.3, -0.25) is 19.8 Å². The van der Waals surface area contributed by atoms with Crippen LogP contribution < -0.4 is 5.32 Å². The van der Waals surface area contributed by atoms with Crippen LogP contribution in [0.5, 0.6) is 0 Å². The fourth-order valence-corrected chi connectivity index (χ4v) is 1.83. The summed E-state index contributed by atoms with van der Waals surface area (Å²) in [4.78, 5) is 36.7. The van der Waals surface area contributed by atoms with Crippen LogP contribution in [0.2, 0.25) is 0 Å². The molecule has 0 atom stereocenters. The maximum Gasteiger partial charge on any atom is 0.413 e. The molecule has 1 aliphatic rings. The summed E-state index contributed by atoms with van der Waals surface area (Å²) in [6.07, 6.45) is -0.631. The Kier molecular flexibility index (Phi) is 6.23. The highest BCUT2D eigenvalue weighted by molar-refractivity contribution is 5.92. The van der Waals surface area contributed by atoms with Crippen LogP contribution in [0.25, 0.3) is 0 Å². The number of nitrogens with zero attached hydrogens (tertiary/aromatic N) is 2. The van der Waals surface area contributed by atoms with Crippen LogP contribution in [0.3, 0.4) is 0 Å². The van der Waals surface area contributed by atoms with Gasteiger partial charge in [0.1, 0.15) is 0 Å². The van der Waals surface area contributed by atoms with Gasteiger partial charge in [0.2, 0.25) is 5.91 Å². The monoisotopic (exact) mass is 273 g/mol. The molecule has 19 heavy (non-hydrogen) atoms. The number of rotatable bonds is 5. The number of amides is 2. The quantitative estimate of drug-likeness (QED) is 0.660. The highest BCUT2D eigenvalue weighted by Crippen LogP contribution is 2.02. The molecule has 0 aromatic rings. The molecule has 108 valence electrons. The van der Waals surface area contributed by atoms with E-state index in [1.807, 2.05) is 9.80 Å². The molecule has 8 heteroatoms. The molecule has 2 amide bonds. The van der Waals surface area contributed by atoms with Crippen LogP contribution >= 0.6 is 0 Å². The van der Waals surface area contributed by atoms with Crippen LogP contribution in [-0.4, -0.2) is 79.3 Å². The Morgan fingerprint density at radius 1 is 1.16 bits per heavy atom. The average molecular weight is 273 g/mol. The van der Waals surface area contributed by atoms with Crippen molar-refractivity contribution >= 4 is 18.0 Å². The Morgan fingerprint density at radius 3 is 2.26 bits per heavy atom. The van der Waals surface area contributed by atoms with Gasteiger partial charge >= 0.3 is 12.1 Å². The summed E-state index contributed by atoms with van der Waals surface area (Å²) >= 11 is 0. The number of carboxylic acid groups (broad SMARTS) is 1. The van der Waals surface area contributed by atoms with Crippen LogP contribution in [0.15, 0.2) is 0 Å². The summed E-state index contributed by atoms with van der Waals surface area (Å²) < 4.78 is 4.33. The van der Waals surface area contributed by atoms with Crippen molar-refractivity contribution in [1.82, 2.24) is 15.1 Å². The smallest absolute Gasteiger partial charge is 0.413 e. The minimum absolute atomic E-state index is 0.128. The summed E-state index contributed by atoms with van der Waals surface area (Å²) in [7, 11) is 1.20. The third kappa shape index (κ3) is 6.16. The third-order valence-corrected chi connectivity index (χ3v) is 2.90. The van der Waals surface area contributed by atoms with Crippen LogP contribution in [0.4, 0.5) is 4.79 Å². The second-order valence-electron chi connectivity index (χ2n) is 4.30. The molecule has 1 saturated heterocycles. The molecular formula is C11H19N3O5. The number of ether oxygens (including phenoxy) is 1. The van der Waals surface area contributed by atoms with E-state index in [1.165, 1.54) is 7.11 Å². The van der Waals surface area contributed by atoms with E-state index in [-0.39, 0.29) is 13.0 Å². The summed E-state index contributed by atoms with van der Waals surface area (Å²) in [5.41, 5.74) is 0. The summed E-state index contributed by atoms with van der Waals surface area (Å²) in [5.74, 6) is -1.20. The fraction of sp³-hybridized carbons (Fsp3) is 0.727. The Labute approximate surface area is 111 Å². The Morgan fingerprint density at radius 2 is 1.74 bits per heavy atom. The van der Waals surface area contributed by atoms with Crippen molar-refractivity contribution in [3.63, 3.8) is 0 Å². The van der Waals surface area contributed by atoms with E-state index in [0.29, 0.717) is 19.6 Å². The van der Waals surface area contributed by atoms with Crippen LogP contribution in [0.1, 0.15) is 6.42 Å². The molecule has 1 aliphatic heterocycles. The predicted molar refractivity (Wildman–Crippen MR) is 65.7 cm³/mol. The molecule has 0 radical (unpaired) electrons. The number of carboxylic acids is 1. The van der Waals surface area contributed by atoms with Gasteiger partial charge in [-0.25, -0.2) is 4.79 Å². The number of alkyl carbamates (subject to hydrolysis) is 1. The Balaban J connectivity index is 2.21.